The van der Waals surface area contributed by atoms with Crippen molar-refractivity contribution in [2.75, 3.05) is 13.2 Å². The monoisotopic (exact) mass is 430 g/mol. The maximum Gasteiger partial charge on any atom is 0.305 e. The highest BCUT2D eigenvalue weighted by molar-refractivity contribution is 5.69. The molecule has 0 aromatic heterocycles. The van der Waals surface area contributed by atoms with Gasteiger partial charge in [-0.15, -0.1) is 0 Å². The summed E-state index contributed by atoms with van der Waals surface area (Å²) in [6.07, 6.45) is 15.4. The Morgan fingerprint density at radius 3 is 1.77 bits per heavy atom. The maximum atomic E-state index is 11.8. The second-order valence-corrected chi connectivity index (χ2v) is 8.81. The summed E-state index contributed by atoms with van der Waals surface area (Å²) in [5.41, 5.74) is 0. The molecule has 0 aromatic rings. The molecule has 1 aliphatic heterocycles. The van der Waals surface area contributed by atoms with Crippen LogP contribution >= 0.6 is 0 Å². The zero-order valence-corrected chi connectivity index (χ0v) is 19.1. The number of aliphatic hydroxyl groups excluding tert-OH is 3. The topological polar surface area (TPSA) is 96.2 Å². The van der Waals surface area contributed by atoms with Gasteiger partial charge < -0.3 is 24.8 Å². The molecular formula is C24H46O6. The van der Waals surface area contributed by atoms with Crippen LogP contribution in [0.5, 0.6) is 0 Å². The predicted octanol–water partition coefficient (Wildman–Crippen LogP) is 4.27. The summed E-state index contributed by atoms with van der Waals surface area (Å²) in [6.45, 7) is 2.03. The zero-order chi connectivity index (χ0) is 22.0. The Labute approximate surface area is 183 Å². The first-order valence-electron chi connectivity index (χ1n) is 12.4. The lowest BCUT2D eigenvalue weighted by Crippen LogP contribution is -2.41. The third kappa shape index (κ3) is 12.9. The number of carbonyl (C=O) groups is 1. The molecule has 6 heteroatoms. The Kier molecular flexibility index (Phi) is 16.3. The number of esters is 1. The number of unbranched alkanes of at least 4 members (excludes halogenated alkanes) is 14. The number of carbonyl (C=O) groups excluding carboxylic acids is 1. The molecular weight excluding hydrogens is 384 g/mol. The highest BCUT2D eigenvalue weighted by atomic mass is 16.6. The van der Waals surface area contributed by atoms with E-state index in [1.54, 1.807) is 0 Å². The molecule has 4 atom stereocenters. The van der Waals surface area contributed by atoms with E-state index in [9.17, 15) is 20.1 Å². The molecule has 30 heavy (non-hydrogen) atoms. The number of hydrogen-bond acceptors (Lipinski definition) is 6. The van der Waals surface area contributed by atoms with Crippen molar-refractivity contribution in [1.82, 2.24) is 0 Å². The van der Waals surface area contributed by atoms with Crippen molar-refractivity contribution < 1.29 is 29.6 Å². The fraction of sp³-hybridized carbons (Fsp3) is 0.958. The van der Waals surface area contributed by atoms with Crippen molar-refractivity contribution in [1.29, 1.82) is 0 Å². The van der Waals surface area contributed by atoms with Crippen LogP contribution < -0.4 is 0 Å². The van der Waals surface area contributed by atoms with Crippen molar-refractivity contribution in [3.8, 4) is 0 Å². The van der Waals surface area contributed by atoms with Crippen molar-refractivity contribution in [2.24, 2.45) is 0 Å². The van der Waals surface area contributed by atoms with Crippen LogP contribution in [0, 0.1) is 0 Å². The fourth-order valence-corrected chi connectivity index (χ4v) is 3.95. The fourth-order valence-electron chi connectivity index (χ4n) is 3.95. The van der Waals surface area contributed by atoms with Gasteiger partial charge in [-0.2, -0.15) is 0 Å². The first kappa shape index (κ1) is 27.3. The Bertz CT molecular complexity index is 417. The molecule has 1 fully saturated rings. The molecule has 6 nitrogen and oxygen atoms in total. The van der Waals surface area contributed by atoms with Gasteiger partial charge in [0.15, 0.2) is 0 Å². The molecule has 0 aromatic carbocycles. The molecule has 1 heterocycles. The standard InChI is InChI=1S/C24H46O6/c1-2-3-4-5-6-7-8-9-10-11-12-13-14-15-16-17-22(27)29-19-21(26)24-23(28)20(25)18-30-24/h20-21,23-26,28H,2-19H2,1H3/t20-,21+,23+,24-/m1/s1. The van der Waals surface area contributed by atoms with Crippen LogP contribution in [0.25, 0.3) is 0 Å². The van der Waals surface area contributed by atoms with Crippen LogP contribution in [0.1, 0.15) is 110 Å². The van der Waals surface area contributed by atoms with Crippen molar-refractivity contribution in [2.45, 2.75) is 134 Å². The summed E-state index contributed by atoms with van der Waals surface area (Å²) in [7, 11) is 0. The van der Waals surface area contributed by atoms with Gasteiger partial charge in [0.05, 0.1) is 6.61 Å². The smallest absolute Gasteiger partial charge is 0.305 e. The minimum Gasteiger partial charge on any atom is -0.463 e. The SMILES string of the molecule is CCCCCCCCCCCCCCCCCC(=O)OC[C@H](O)[C@H]1OC[C@@H](O)[C@@H]1O. The van der Waals surface area contributed by atoms with Crippen molar-refractivity contribution >= 4 is 5.97 Å². The van der Waals surface area contributed by atoms with Crippen molar-refractivity contribution in [3.63, 3.8) is 0 Å². The van der Waals surface area contributed by atoms with E-state index in [-0.39, 0.29) is 19.2 Å². The summed E-state index contributed by atoms with van der Waals surface area (Å²) in [4.78, 5) is 11.8. The van der Waals surface area contributed by atoms with Gasteiger partial charge in [-0.3, -0.25) is 4.79 Å². The van der Waals surface area contributed by atoms with E-state index in [4.69, 9.17) is 9.47 Å². The minimum absolute atomic E-state index is 0.0179. The number of hydrogen-bond donors (Lipinski definition) is 3. The van der Waals surface area contributed by atoms with E-state index in [0.29, 0.717) is 6.42 Å². The lowest BCUT2D eigenvalue weighted by Gasteiger charge is -2.20. The lowest BCUT2D eigenvalue weighted by atomic mass is 10.0. The Hall–Kier alpha value is -0.690. The molecule has 0 bridgehead atoms. The van der Waals surface area contributed by atoms with E-state index in [1.807, 2.05) is 0 Å². The molecule has 0 unspecified atom stereocenters. The average Bonchev–Trinajstić information content (AvgIpc) is 3.07. The highest BCUT2D eigenvalue weighted by Gasteiger charge is 2.39. The third-order valence-electron chi connectivity index (χ3n) is 5.97. The van der Waals surface area contributed by atoms with Crippen LogP contribution in [-0.2, 0) is 14.3 Å². The van der Waals surface area contributed by atoms with E-state index in [1.165, 1.54) is 77.0 Å². The zero-order valence-electron chi connectivity index (χ0n) is 19.1. The average molecular weight is 431 g/mol. The molecule has 1 rings (SSSR count). The summed E-state index contributed by atoms with van der Waals surface area (Å²) in [5, 5.41) is 29.0. The molecule has 0 saturated carbocycles. The largest absolute Gasteiger partial charge is 0.463 e. The maximum absolute atomic E-state index is 11.8. The molecule has 1 saturated heterocycles. The number of aliphatic hydroxyl groups is 3. The van der Waals surface area contributed by atoms with Gasteiger partial charge in [-0.1, -0.05) is 96.8 Å². The summed E-state index contributed by atoms with van der Waals surface area (Å²) in [5.74, 6) is -0.336. The van der Waals surface area contributed by atoms with Crippen molar-refractivity contribution in [3.05, 3.63) is 0 Å². The number of rotatable bonds is 19. The molecule has 1 aliphatic rings. The summed E-state index contributed by atoms with van der Waals surface area (Å²) in [6, 6.07) is 0. The molecule has 0 aliphatic carbocycles. The Morgan fingerprint density at radius 2 is 1.33 bits per heavy atom. The van der Waals surface area contributed by atoms with E-state index >= 15 is 0 Å². The highest BCUT2D eigenvalue weighted by Crippen LogP contribution is 2.18. The molecule has 0 spiro atoms. The minimum atomic E-state index is -1.14. The Morgan fingerprint density at radius 1 is 0.867 bits per heavy atom. The van der Waals surface area contributed by atoms with Gasteiger partial charge in [0.2, 0.25) is 0 Å². The quantitative estimate of drug-likeness (QED) is 0.209. The van der Waals surface area contributed by atoms with Gasteiger partial charge in [-0.25, -0.2) is 0 Å². The first-order chi connectivity index (χ1) is 14.6. The lowest BCUT2D eigenvalue weighted by molar-refractivity contribution is -0.151. The molecule has 178 valence electrons. The van der Waals surface area contributed by atoms with Crippen LogP contribution in [0.3, 0.4) is 0 Å². The molecule has 3 N–H and O–H groups in total. The van der Waals surface area contributed by atoms with Gasteiger partial charge in [0, 0.05) is 6.42 Å². The normalized spacial score (nSPS) is 22.3. The van der Waals surface area contributed by atoms with Gasteiger partial charge >= 0.3 is 5.97 Å². The molecule has 0 amide bonds. The third-order valence-corrected chi connectivity index (χ3v) is 5.97. The predicted molar refractivity (Wildman–Crippen MR) is 118 cm³/mol. The second kappa shape index (κ2) is 17.9. The van der Waals surface area contributed by atoms with Crippen LogP contribution in [-0.4, -0.2) is 58.9 Å². The van der Waals surface area contributed by atoms with E-state index < -0.39 is 24.4 Å². The van der Waals surface area contributed by atoms with Gasteiger partial charge in [-0.05, 0) is 6.42 Å². The summed E-state index contributed by atoms with van der Waals surface area (Å²) >= 11 is 0. The summed E-state index contributed by atoms with van der Waals surface area (Å²) < 4.78 is 10.2. The van der Waals surface area contributed by atoms with E-state index in [2.05, 4.69) is 6.92 Å². The number of ether oxygens (including phenoxy) is 2. The molecule has 0 radical (unpaired) electrons. The van der Waals surface area contributed by atoms with Crippen LogP contribution in [0.15, 0.2) is 0 Å². The van der Waals surface area contributed by atoms with Crippen LogP contribution in [0.2, 0.25) is 0 Å². The Balaban J connectivity index is 1.83. The second-order valence-electron chi connectivity index (χ2n) is 8.81. The first-order valence-corrected chi connectivity index (χ1v) is 12.4. The van der Waals surface area contributed by atoms with Crippen LogP contribution in [0.4, 0.5) is 0 Å². The van der Waals surface area contributed by atoms with E-state index in [0.717, 1.165) is 19.3 Å². The van der Waals surface area contributed by atoms with Gasteiger partial charge in [0.25, 0.3) is 0 Å². The van der Waals surface area contributed by atoms with Gasteiger partial charge in [0.1, 0.15) is 31.0 Å².